The Kier molecular flexibility index (Phi) is 6.82. The fourth-order valence-electron chi connectivity index (χ4n) is 3.41. The molecule has 3 aromatic carbocycles. The molecule has 0 bridgehead atoms. The van der Waals surface area contributed by atoms with Crippen LogP contribution in [-0.2, 0) is 11.3 Å². The number of carbonyl (C=O) groups is 1. The van der Waals surface area contributed by atoms with Gasteiger partial charge in [0.1, 0.15) is 11.8 Å². The molecule has 0 aliphatic rings. The Hall–Kier alpha value is -3.11. The zero-order valence-corrected chi connectivity index (χ0v) is 16.4. The van der Waals surface area contributed by atoms with E-state index in [1.54, 1.807) is 7.11 Å². The van der Waals surface area contributed by atoms with E-state index in [1.807, 2.05) is 60.7 Å². The lowest BCUT2D eigenvalue weighted by Gasteiger charge is -2.25. The maximum atomic E-state index is 12.6. The Bertz CT molecular complexity index is 825. The molecule has 2 N–H and O–H groups in total. The summed E-state index contributed by atoms with van der Waals surface area (Å²) in [6.45, 7) is 0.905. The average molecular weight is 375 g/mol. The van der Waals surface area contributed by atoms with Gasteiger partial charge in [-0.3, -0.25) is 4.79 Å². The molecular formula is C24H27N2O2+. The van der Waals surface area contributed by atoms with E-state index in [1.165, 1.54) is 11.1 Å². The van der Waals surface area contributed by atoms with Crippen molar-refractivity contribution in [1.82, 2.24) is 5.32 Å². The van der Waals surface area contributed by atoms with Crippen LogP contribution in [-0.4, -0.2) is 26.6 Å². The summed E-state index contributed by atoms with van der Waals surface area (Å²) < 4.78 is 5.17. The number of rotatable bonds is 8. The predicted molar refractivity (Wildman–Crippen MR) is 111 cm³/mol. The molecule has 4 nitrogen and oxygen atoms in total. The minimum atomic E-state index is 0.0326. The lowest BCUT2D eigenvalue weighted by atomic mass is 9.97. The van der Waals surface area contributed by atoms with E-state index < -0.39 is 0 Å². The van der Waals surface area contributed by atoms with E-state index in [-0.39, 0.29) is 11.9 Å². The summed E-state index contributed by atoms with van der Waals surface area (Å²) >= 11 is 0. The number of hydrogen-bond donors (Lipinski definition) is 2. The predicted octanol–water partition coefficient (Wildman–Crippen LogP) is 2.62. The smallest absolute Gasteiger partial charge is 0.275 e. The highest BCUT2D eigenvalue weighted by molar-refractivity contribution is 5.76. The Balaban J connectivity index is 1.65. The van der Waals surface area contributed by atoms with Gasteiger partial charge in [0.25, 0.3) is 5.91 Å². The van der Waals surface area contributed by atoms with Crippen molar-refractivity contribution in [2.24, 2.45) is 0 Å². The van der Waals surface area contributed by atoms with Gasteiger partial charge in [0.15, 0.2) is 6.54 Å². The van der Waals surface area contributed by atoms with Crippen molar-refractivity contribution >= 4 is 5.91 Å². The lowest BCUT2D eigenvalue weighted by Crippen LogP contribution is -3.10. The summed E-state index contributed by atoms with van der Waals surface area (Å²) in [6.07, 6.45) is 0. The van der Waals surface area contributed by atoms with E-state index in [9.17, 15) is 4.79 Å². The summed E-state index contributed by atoms with van der Waals surface area (Å²) in [5.74, 6) is 0.845. The number of methoxy groups -OCH3 is 1. The third-order valence-corrected chi connectivity index (χ3v) is 4.85. The normalized spacial score (nSPS) is 11.8. The number of amides is 1. The monoisotopic (exact) mass is 375 g/mol. The van der Waals surface area contributed by atoms with Crippen molar-refractivity contribution in [3.63, 3.8) is 0 Å². The quantitative estimate of drug-likeness (QED) is 0.636. The number of hydrogen-bond acceptors (Lipinski definition) is 2. The molecular weight excluding hydrogens is 348 g/mol. The van der Waals surface area contributed by atoms with Gasteiger partial charge in [0.05, 0.1) is 14.2 Å². The summed E-state index contributed by atoms with van der Waals surface area (Å²) in [5, 5.41) is 3.02. The Morgan fingerprint density at radius 1 is 0.893 bits per heavy atom. The van der Waals surface area contributed by atoms with Crippen LogP contribution in [0.15, 0.2) is 84.9 Å². The summed E-state index contributed by atoms with van der Waals surface area (Å²) in [4.78, 5) is 13.7. The van der Waals surface area contributed by atoms with Gasteiger partial charge in [0, 0.05) is 17.7 Å². The second-order valence-corrected chi connectivity index (χ2v) is 6.90. The first-order valence-corrected chi connectivity index (χ1v) is 9.49. The topological polar surface area (TPSA) is 42.8 Å². The van der Waals surface area contributed by atoms with Gasteiger partial charge in [-0.05, 0) is 17.7 Å². The first kappa shape index (κ1) is 19.6. The highest BCUT2D eigenvalue weighted by Crippen LogP contribution is 2.18. The van der Waals surface area contributed by atoms with E-state index in [0.717, 1.165) is 16.2 Å². The molecule has 1 unspecified atom stereocenters. The van der Waals surface area contributed by atoms with Crippen LogP contribution in [0, 0.1) is 0 Å². The van der Waals surface area contributed by atoms with E-state index >= 15 is 0 Å². The van der Waals surface area contributed by atoms with Crippen molar-refractivity contribution < 1.29 is 14.4 Å². The maximum absolute atomic E-state index is 12.6. The number of benzene rings is 3. The summed E-state index contributed by atoms with van der Waals surface area (Å²) in [7, 11) is 3.71. The first-order valence-electron chi connectivity index (χ1n) is 9.49. The molecule has 1 amide bonds. The molecule has 3 aromatic rings. The molecule has 0 heterocycles. The number of likely N-dealkylation sites (N-methyl/N-ethyl adjacent to an activating group) is 1. The number of nitrogens with one attached hydrogen (secondary N) is 2. The van der Waals surface area contributed by atoms with Crippen LogP contribution in [0.5, 0.6) is 5.75 Å². The van der Waals surface area contributed by atoms with Crippen LogP contribution in [0.1, 0.15) is 22.7 Å². The van der Waals surface area contributed by atoms with Crippen molar-refractivity contribution in [3.05, 3.63) is 102 Å². The van der Waals surface area contributed by atoms with Crippen LogP contribution in [0.3, 0.4) is 0 Å². The highest BCUT2D eigenvalue weighted by Gasteiger charge is 2.24. The van der Waals surface area contributed by atoms with Gasteiger partial charge in [-0.1, -0.05) is 72.8 Å². The molecule has 144 valence electrons. The fourth-order valence-corrected chi connectivity index (χ4v) is 3.41. The first-order chi connectivity index (χ1) is 13.7. The summed E-state index contributed by atoms with van der Waals surface area (Å²) in [6, 6.07) is 28.5. The standard InChI is InChI=1S/C24H26N2O2/c1-26(18-23(27)25-17-19-13-15-22(28-2)16-14-19)24(20-9-5-3-6-10-20)21-11-7-4-8-12-21/h3-16,24H,17-18H2,1-2H3,(H,25,27)/p+1. The van der Waals surface area contributed by atoms with Gasteiger partial charge in [-0.15, -0.1) is 0 Å². The van der Waals surface area contributed by atoms with E-state index in [2.05, 4.69) is 36.6 Å². The molecule has 0 fully saturated rings. The minimum absolute atomic E-state index is 0.0326. The maximum Gasteiger partial charge on any atom is 0.275 e. The molecule has 3 rings (SSSR count). The van der Waals surface area contributed by atoms with E-state index in [4.69, 9.17) is 4.74 Å². The molecule has 0 aliphatic carbocycles. The molecule has 0 saturated carbocycles. The second kappa shape index (κ2) is 9.72. The van der Waals surface area contributed by atoms with Crippen LogP contribution < -0.4 is 15.0 Å². The van der Waals surface area contributed by atoms with Crippen LogP contribution in [0.25, 0.3) is 0 Å². The Morgan fingerprint density at radius 2 is 1.43 bits per heavy atom. The van der Waals surface area contributed by atoms with Gasteiger partial charge < -0.3 is 15.0 Å². The third-order valence-electron chi connectivity index (χ3n) is 4.85. The van der Waals surface area contributed by atoms with Crippen molar-refractivity contribution in [3.8, 4) is 5.75 Å². The van der Waals surface area contributed by atoms with E-state index in [0.29, 0.717) is 13.1 Å². The number of carbonyl (C=O) groups excluding carboxylic acids is 1. The molecule has 0 saturated heterocycles. The zero-order valence-electron chi connectivity index (χ0n) is 16.4. The largest absolute Gasteiger partial charge is 0.497 e. The molecule has 28 heavy (non-hydrogen) atoms. The van der Waals surface area contributed by atoms with Gasteiger partial charge in [0.2, 0.25) is 0 Å². The second-order valence-electron chi connectivity index (χ2n) is 6.90. The molecule has 0 aromatic heterocycles. The van der Waals surface area contributed by atoms with Crippen molar-refractivity contribution in [1.29, 1.82) is 0 Å². The molecule has 0 radical (unpaired) electrons. The third kappa shape index (κ3) is 5.21. The van der Waals surface area contributed by atoms with Crippen LogP contribution in [0.4, 0.5) is 0 Å². The molecule has 0 aliphatic heterocycles. The van der Waals surface area contributed by atoms with Gasteiger partial charge >= 0.3 is 0 Å². The van der Waals surface area contributed by atoms with Gasteiger partial charge in [-0.2, -0.15) is 0 Å². The molecule has 0 spiro atoms. The average Bonchev–Trinajstić information content (AvgIpc) is 2.74. The number of quaternary nitrogens is 1. The van der Waals surface area contributed by atoms with Gasteiger partial charge in [-0.25, -0.2) is 0 Å². The zero-order chi connectivity index (χ0) is 19.8. The Morgan fingerprint density at radius 3 is 1.93 bits per heavy atom. The SMILES string of the molecule is COc1ccc(CNC(=O)C[NH+](C)C(c2ccccc2)c2ccccc2)cc1. The summed E-state index contributed by atoms with van der Waals surface area (Å²) in [5.41, 5.74) is 3.46. The number of ether oxygens (including phenoxy) is 1. The minimum Gasteiger partial charge on any atom is -0.497 e. The van der Waals surface area contributed by atoms with Crippen LogP contribution >= 0.6 is 0 Å². The van der Waals surface area contributed by atoms with Crippen molar-refractivity contribution in [2.45, 2.75) is 12.6 Å². The fraction of sp³-hybridized carbons (Fsp3) is 0.208. The van der Waals surface area contributed by atoms with Crippen LogP contribution in [0.2, 0.25) is 0 Å². The Labute approximate surface area is 166 Å². The lowest BCUT2D eigenvalue weighted by molar-refractivity contribution is -0.898. The van der Waals surface area contributed by atoms with Crippen molar-refractivity contribution in [2.75, 3.05) is 20.7 Å². The highest BCUT2D eigenvalue weighted by atomic mass is 16.5. The molecule has 4 heteroatoms. The molecule has 1 atom stereocenters.